The normalized spacial score (nSPS) is 26.9. The molecule has 1 saturated heterocycles. The second kappa shape index (κ2) is 4.38. The number of aliphatic hydroxyl groups excluding tert-OH is 1. The van der Waals surface area contributed by atoms with Gasteiger partial charge in [-0.25, -0.2) is 0 Å². The Labute approximate surface area is 67.6 Å². The van der Waals surface area contributed by atoms with Gasteiger partial charge >= 0.3 is 0 Å². The molecule has 1 aliphatic heterocycles. The molecule has 11 heavy (non-hydrogen) atoms. The van der Waals surface area contributed by atoms with Crippen LogP contribution in [-0.2, 0) is 4.74 Å². The number of hydrogen-bond donors (Lipinski definition) is 1. The van der Waals surface area contributed by atoms with Gasteiger partial charge in [0.05, 0.1) is 0 Å². The molecule has 1 N–H and O–H groups in total. The first-order valence-electron chi connectivity index (χ1n) is 4.10. The van der Waals surface area contributed by atoms with Crippen molar-refractivity contribution >= 4 is 0 Å². The second-order valence-corrected chi connectivity index (χ2v) is 2.82. The third kappa shape index (κ3) is 3.41. The van der Waals surface area contributed by atoms with Gasteiger partial charge in [0.15, 0.2) is 0 Å². The van der Waals surface area contributed by atoms with Crippen LogP contribution < -0.4 is 0 Å². The Hall–Kier alpha value is -0.520. The van der Waals surface area contributed by atoms with Gasteiger partial charge in [-0.15, -0.1) is 0 Å². The summed E-state index contributed by atoms with van der Waals surface area (Å²) in [5.74, 6) is 5.59. The molecule has 2 nitrogen and oxygen atoms in total. The maximum absolute atomic E-state index is 8.85. The molecule has 1 aliphatic rings. The molecule has 0 amide bonds. The summed E-state index contributed by atoms with van der Waals surface area (Å²) in [6.07, 6.45) is 2.89. The van der Waals surface area contributed by atoms with Crippen LogP contribution in [0.2, 0.25) is 0 Å². The highest BCUT2D eigenvalue weighted by molar-refractivity contribution is 5.08. The van der Waals surface area contributed by atoms with Crippen LogP contribution in [-0.4, -0.2) is 23.9 Å². The van der Waals surface area contributed by atoms with E-state index in [1.54, 1.807) is 6.92 Å². The Kier molecular flexibility index (Phi) is 3.41. The highest BCUT2D eigenvalue weighted by Crippen LogP contribution is 2.11. The molecule has 0 aromatic carbocycles. The molecular formula is C9H14O2. The van der Waals surface area contributed by atoms with E-state index >= 15 is 0 Å². The lowest BCUT2D eigenvalue weighted by Gasteiger charge is -2.17. The van der Waals surface area contributed by atoms with E-state index < -0.39 is 6.10 Å². The topological polar surface area (TPSA) is 29.5 Å². The van der Waals surface area contributed by atoms with Gasteiger partial charge in [0, 0.05) is 6.61 Å². The summed E-state index contributed by atoms with van der Waals surface area (Å²) in [5, 5.41) is 8.85. The highest BCUT2D eigenvalue weighted by atomic mass is 16.5. The van der Waals surface area contributed by atoms with E-state index in [0.29, 0.717) is 0 Å². The minimum absolute atomic E-state index is 0.0679. The zero-order valence-electron chi connectivity index (χ0n) is 6.84. The van der Waals surface area contributed by atoms with Gasteiger partial charge in [-0.05, 0) is 26.2 Å². The first-order chi connectivity index (χ1) is 5.29. The van der Waals surface area contributed by atoms with E-state index in [1.807, 2.05) is 0 Å². The molecule has 0 spiro atoms. The third-order valence-corrected chi connectivity index (χ3v) is 1.63. The standard InChI is InChI=1S/C9H14O2/c1-8(10)5-6-9-4-2-3-7-11-9/h8-10H,2-4,7H2,1H3/t8-,9-/m1/s1. The zero-order chi connectivity index (χ0) is 8.10. The lowest BCUT2D eigenvalue weighted by molar-refractivity contribution is 0.0523. The summed E-state index contributed by atoms with van der Waals surface area (Å²) >= 11 is 0. The van der Waals surface area contributed by atoms with Crippen molar-refractivity contribution in [3.05, 3.63) is 0 Å². The predicted octanol–water partition coefficient (Wildman–Crippen LogP) is 0.940. The molecule has 0 aromatic heterocycles. The van der Waals surface area contributed by atoms with E-state index in [0.717, 1.165) is 19.4 Å². The predicted molar refractivity (Wildman–Crippen MR) is 43.0 cm³/mol. The molecule has 1 fully saturated rings. The minimum Gasteiger partial charge on any atom is -0.381 e. The maximum Gasteiger partial charge on any atom is 0.118 e. The number of hydrogen-bond acceptors (Lipinski definition) is 2. The molecule has 0 aromatic rings. The minimum atomic E-state index is -0.527. The summed E-state index contributed by atoms with van der Waals surface area (Å²) in [4.78, 5) is 0. The second-order valence-electron chi connectivity index (χ2n) is 2.82. The average molecular weight is 154 g/mol. The van der Waals surface area contributed by atoms with Crippen LogP contribution in [0.25, 0.3) is 0 Å². The lowest BCUT2D eigenvalue weighted by Crippen LogP contribution is -2.17. The third-order valence-electron chi connectivity index (χ3n) is 1.63. The van der Waals surface area contributed by atoms with Crippen LogP contribution in [0.4, 0.5) is 0 Å². The van der Waals surface area contributed by atoms with Crippen LogP contribution in [0.3, 0.4) is 0 Å². The van der Waals surface area contributed by atoms with Crippen molar-refractivity contribution in [3.63, 3.8) is 0 Å². The highest BCUT2D eigenvalue weighted by Gasteiger charge is 2.09. The quantitative estimate of drug-likeness (QED) is 0.526. The fourth-order valence-corrected chi connectivity index (χ4v) is 1.07. The average Bonchev–Trinajstić information content (AvgIpc) is 2.03. The van der Waals surface area contributed by atoms with Crippen molar-refractivity contribution in [3.8, 4) is 11.8 Å². The van der Waals surface area contributed by atoms with Crippen molar-refractivity contribution in [2.75, 3.05) is 6.61 Å². The van der Waals surface area contributed by atoms with Gasteiger partial charge in [0.2, 0.25) is 0 Å². The van der Waals surface area contributed by atoms with Crippen molar-refractivity contribution in [2.45, 2.75) is 38.4 Å². The monoisotopic (exact) mass is 154 g/mol. The number of ether oxygens (including phenoxy) is 1. The summed E-state index contributed by atoms with van der Waals surface area (Å²) in [5.41, 5.74) is 0. The summed E-state index contributed by atoms with van der Waals surface area (Å²) in [6, 6.07) is 0. The molecule has 1 rings (SSSR count). The molecule has 2 atom stereocenters. The Morgan fingerprint density at radius 1 is 1.55 bits per heavy atom. The van der Waals surface area contributed by atoms with Crippen molar-refractivity contribution < 1.29 is 9.84 Å². The van der Waals surface area contributed by atoms with E-state index in [4.69, 9.17) is 9.84 Å². The molecular weight excluding hydrogens is 140 g/mol. The van der Waals surface area contributed by atoms with Crippen molar-refractivity contribution in [1.29, 1.82) is 0 Å². The largest absolute Gasteiger partial charge is 0.381 e. The number of rotatable bonds is 0. The fourth-order valence-electron chi connectivity index (χ4n) is 1.07. The molecule has 1 heterocycles. The first-order valence-corrected chi connectivity index (χ1v) is 4.10. The Bertz CT molecular complexity index is 158. The molecule has 2 heteroatoms. The Morgan fingerprint density at radius 2 is 2.36 bits per heavy atom. The summed E-state index contributed by atoms with van der Waals surface area (Å²) < 4.78 is 5.34. The molecule has 0 unspecified atom stereocenters. The Morgan fingerprint density at radius 3 is 2.91 bits per heavy atom. The maximum atomic E-state index is 8.85. The van der Waals surface area contributed by atoms with Crippen molar-refractivity contribution in [1.82, 2.24) is 0 Å². The Balaban J connectivity index is 2.31. The van der Waals surface area contributed by atoms with Crippen LogP contribution in [0.5, 0.6) is 0 Å². The molecule has 0 bridgehead atoms. The van der Waals surface area contributed by atoms with Crippen LogP contribution in [0, 0.1) is 11.8 Å². The van der Waals surface area contributed by atoms with E-state index in [1.165, 1.54) is 6.42 Å². The lowest BCUT2D eigenvalue weighted by atomic mass is 10.1. The fraction of sp³-hybridized carbons (Fsp3) is 0.778. The van der Waals surface area contributed by atoms with Crippen LogP contribution in [0.1, 0.15) is 26.2 Å². The van der Waals surface area contributed by atoms with E-state index in [9.17, 15) is 0 Å². The number of aliphatic hydroxyl groups is 1. The molecule has 0 radical (unpaired) electrons. The van der Waals surface area contributed by atoms with Gasteiger partial charge in [0.25, 0.3) is 0 Å². The van der Waals surface area contributed by atoms with Gasteiger partial charge in [0.1, 0.15) is 12.2 Å². The smallest absolute Gasteiger partial charge is 0.118 e. The summed E-state index contributed by atoms with van der Waals surface area (Å²) in [6.45, 7) is 2.48. The van der Waals surface area contributed by atoms with Gasteiger partial charge in [-0.3, -0.25) is 0 Å². The zero-order valence-corrected chi connectivity index (χ0v) is 6.84. The molecule has 0 aliphatic carbocycles. The van der Waals surface area contributed by atoms with Crippen LogP contribution >= 0.6 is 0 Å². The first kappa shape index (κ1) is 8.58. The van der Waals surface area contributed by atoms with E-state index in [2.05, 4.69) is 11.8 Å². The SMILES string of the molecule is C[C@@H](O)C#C[C@H]1CCCCO1. The van der Waals surface area contributed by atoms with Crippen LogP contribution in [0.15, 0.2) is 0 Å². The van der Waals surface area contributed by atoms with Gasteiger partial charge in [-0.2, -0.15) is 0 Å². The van der Waals surface area contributed by atoms with Crippen molar-refractivity contribution in [2.24, 2.45) is 0 Å². The molecule has 62 valence electrons. The van der Waals surface area contributed by atoms with E-state index in [-0.39, 0.29) is 6.10 Å². The summed E-state index contributed by atoms with van der Waals surface area (Å²) in [7, 11) is 0. The van der Waals surface area contributed by atoms with Gasteiger partial charge in [-0.1, -0.05) is 11.8 Å². The molecule has 0 saturated carbocycles. The van der Waals surface area contributed by atoms with Gasteiger partial charge < -0.3 is 9.84 Å².